The van der Waals surface area contributed by atoms with Crippen molar-refractivity contribution in [3.05, 3.63) is 64.3 Å². The molecule has 1 aliphatic rings. The molecule has 0 heterocycles. The number of halogens is 1. The Kier molecular flexibility index (Phi) is 8.14. The van der Waals surface area contributed by atoms with Crippen molar-refractivity contribution < 1.29 is 19.5 Å². The van der Waals surface area contributed by atoms with Gasteiger partial charge in [-0.05, 0) is 84.8 Å². The van der Waals surface area contributed by atoms with Gasteiger partial charge >= 0.3 is 5.97 Å². The van der Waals surface area contributed by atoms with Crippen LogP contribution in [0.3, 0.4) is 0 Å². The molecule has 2 aromatic carbocycles. The van der Waals surface area contributed by atoms with E-state index in [0.29, 0.717) is 18.5 Å². The fourth-order valence-electron chi connectivity index (χ4n) is 3.29. The van der Waals surface area contributed by atoms with Gasteiger partial charge in [0.05, 0.1) is 17.1 Å². The molecule has 0 bridgehead atoms. The third-order valence-electron chi connectivity index (χ3n) is 4.98. The Morgan fingerprint density at radius 3 is 2.35 bits per heavy atom. The molecule has 0 aromatic heterocycles. The van der Waals surface area contributed by atoms with E-state index in [1.807, 2.05) is 49.4 Å². The van der Waals surface area contributed by atoms with E-state index in [-0.39, 0.29) is 17.1 Å². The van der Waals surface area contributed by atoms with Gasteiger partial charge in [0.2, 0.25) is 11.8 Å². The fourth-order valence-corrected chi connectivity index (χ4v) is 4.58. The second kappa shape index (κ2) is 10.8. The lowest BCUT2D eigenvalue weighted by Crippen LogP contribution is -2.34. The Bertz CT molecular complexity index is 993. The molecule has 6 nitrogen and oxygen atoms in total. The van der Waals surface area contributed by atoms with E-state index < -0.39 is 17.8 Å². The van der Waals surface area contributed by atoms with Crippen LogP contribution in [0, 0.1) is 15.4 Å². The normalized spacial score (nSPS) is 18.8. The summed E-state index contributed by atoms with van der Waals surface area (Å²) >= 11 is 3.60. The number of carbonyl (C=O) groups excluding carboxylic acids is 2. The van der Waals surface area contributed by atoms with Crippen molar-refractivity contribution in [2.45, 2.75) is 29.9 Å². The second-order valence-electron chi connectivity index (χ2n) is 7.27. The maximum absolute atomic E-state index is 12.7. The summed E-state index contributed by atoms with van der Waals surface area (Å²) < 4.78 is 1.09. The molecule has 2 amide bonds. The van der Waals surface area contributed by atoms with Crippen LogP contribution in [0.25, 0.3) is 0 Å². The van der Waals surface area contributed by atoms with Crippen LogP contribution in [0.1, 0.15) is 19.8 Å². The number of nitrogens with one attached hydrogen (secondary N) is 2. The summed E-state index contributed by atoms with van der Waals surface area (Å²) in [7, 11) is 0. The number of hydrogen-bond acceptors (Lipinski definition) is 4. The van der Waals surface area contributed by atoms with Crippen molar-refractivity contribution in [2.24, 2.45) is 11.8 Å². The van der Waals surface area contributed by atoms with Crippen molar-refractivity contribution in [2.75, 3.05) is 10.6 Å². The molecule has 3 unspecified atom stereocenters. The van der Waals surface area contributed by atoms with Crippen molar-refractivity contribution in [1.29, 1.82) is 0 Å². The SMILES string of the molecule is CC(Sc1cccc(NC(=O)C2CC=CCC2C(=O)O)c1)C(=O)Nc1ccc(I)cc1. The van der Waals surface area contributed by atoms with Crippen molar-refractivity contribution in [3.63, 3.8) is 0 Å². The van der Waals surface area contributed by atoms with Crippen LogP contribution in [-0.2, 0) is 14.4 Å². The summed E-state index contributed by atoms with van der Waals surface area (Å²) in [6.07, 6.45) is 4.43. The lowest BCUT2D eigenvalue weighted by molar-refractivity contribution is -0.146. The molecule has 162 valence electrons. The Morgan fingerprint density at radius 2 is 1.68 bits per heavy atom. The number of carboxylic acids is 1. The Hall–Kier alpha value is -2.33. The zero-order chi connectivity index (χ0) is 22.4. The smallest absolute Gasteiger partial charge is 0.307 e. The van der Waals surface area contributed by atoms with Gasteiger partial charge < -0.3 is 15.7 Å². The van der Waals surface area contributed by atoms with Crippen LogP contribution in [0.4, 0.5) is 11.4 Å². The van der Waals surface area contributed by atoms with Gasteiger partial charge in [-0.3, -0.25) is 14.4 Å². The van der Waals surface area contributed by atoms with E-state index >= 15 is 0 Å². The number of benzene rings is 2. The molecule has 3 N–H and O–H groups in total. The van der Waals surface area contributed by atoms with E-state index in [1.54, 1.807) is 18.2 Å². The summed E-state index contributed by atoms with van der Waals surface area (Å²) in [5.41, 5.74) is 1.33. The summed E-state index contributed by atoms with van der Waals surface area (Å²) in [5.74, 6) is -2.69. The number of anilines is 2. The molecule has 0 saturated heterocycles. The van der Waals surface area contributed by atoms with Crippen LogP contribution in [-0.4, -0.2) is 28.1 Å². The summed E-state index contributed by atoms with van der Waals surface area (Å²) in [4.78, 5) is 37.5. The molecule has 3 atom stereocenters. The molecule has 3 rings (SSSR count). The number of allylic oxidation sites excluding steroid dienone is 2. The van der Waals surface area contributed by atoms with Crippen molar-refractivity contribution in [1.82, 2.24) is 0 Å². The first-order chi connectivity index (χ1) is 14.8. The van der Waals surface area contributed by atoms with Gasteiger partial charge in [-0.1, -0.05) is 18.2 Å². The standard InChI is InChI=1S/C23H23IN2O4S/c1-14(21(27)25-16-11-9-15(24)10-12-16)31-18-6-4-5-17(13-18)26-22(28)19-7-2-3-8-20(19)23(29)30/h2-6,9-14,19-20H,7-8H2,1H3,(H,25,27)(H,26,28)(H,29,30). The molecule has 31 heavy (non-hydrogen) atoms. The fraction of sp³-hybridized carbons (Fsp3) is 0.261. The molecule has 8 heteroatoms. The molecule has 0 spiro atoms. The average molecular weight is 550 g/mol. The monoisotopic (exact) mass is 550 g/mol. The first-order valence-corrected chi connectivity index (χ1v) is 11.8. The Balaban J connectivity index is 1.61. The number of rotatable bonds is 7. The minimum absolute atomic E-state index is 0.112. The molecular formula is C23H23IN2O4S. The van der Waals surface area contributed by atoms with E-state index in [1.165, 1.54) is 11.8 Å². The summed E-state index contributed by atoms with van der Waals surface area (Å²) in [5, 5.41) is 14.8. The first-order valence-electron chi connectivity index (χ1n) is 9.85. The first kappa shape index (κ1) is 23.3. The van der Waals surface area contributed by atoms with Gasteiger partial charge in [-0.2, -0.15) is 0 Å². The molecule has 1 aliphatic carbocycles. The van der Waals surface area contributed by atoms with Crippen molar-refractivity contribution in [3.8, 4) is 0 Å². The highest BCUT2D eigenvalue weighted by Crippen LogP contribution is 2.29. The predicted octanol–water partition coefficient (Wildman–Crippen LogP) is 5.02. The number of amides is 2. The van der Waals surface area contributed by atoms with Gasteiger partial charge in [0.15, 0.2) is 0 Å². The van der Waals surface area contributed by atoms with E-state index in [4.69, 9.17) is 0 Å². The number of carboxylic acid groups (broad SMARTS) is 1. The minimum atomic E-state index is -0.957. The molecule has 0 aliphatic heterocycles. The van der Waals surface area contributed by atoms with Gasteiger partial charge in [0.1, 0.15) is 0 Å². The maximum Gasteiger partial charge on any atom is 0.307 e. The number of aliphatic carboxylic acids is 1. The zero-order valence-electron chi connectivity index (χ0n) is 16.9. The van der Waals surface area contributed by atoms with Crippen LogP contribution < -0.4 is 10.6 Å². The van der Waals surface area contributed by atoms with E-state index in [0.717, 1.165) is 14.2 Å². The minimum Gasteiger partial charge on any atom is -0.481 e. The van der Waals surface area contributed by atoms with Crippen LogP contribution in [0.2, 0.25) is 0 Å². The number of carbonyl (C=O) groups is 3. The van der Waals surface area contributed by atoms with Crippen molar-refractivity contribution >= 4 is 63.5 Å². The molecular weight excluding hydrogens is 527 g/mol. The highest BCUT2D eigenvalue weighted by atomic mass is 127. The van der Waals surface area contributed by atoms with Crippen LogP contribution >= 0.6 is 34.4 Å². The average Bonchev–Trinajstić information content (AvgIpc) is 2.75. The molecule has 2 aromatic rings. The van der Waals surface area contributed by atoms with E-state index in [2.05, 4.69) is 33.2 Å². The molecule has 0 fully saturated rings. The van der Waals surface area contributed by atoms with Gasteiger partial charge in [0.25, 0.3) is 0 Å². The predicted molar refractivity (Wildman–Crippen MR) is 131 cm³/mol. The maximum atomic E-state index is 12.7. The zero-order valence-corrected chi connectivity index (χ0v) is 19.9. The van der Waals surface area contributed by atoms with E-state index in [9.17, 15) is 19.5 Å². The van der Waals surface area contributed by atoms with Crippen LogP contribution in [0.15, 0.2) is 65.6 Å². The molecule has 0 radical (unpaired) electrons. The van der Waals surface area contributed by atoms with Gasteiger partial charge in [0, 0.05) is 19.8 Å². The third kappa shape index (κ3) is 6.57. The lowest BCUT2D eigenvalue weighted by Gasteiger charge is -2.24. The Morgan fingerprint density at radius 1 is 1.00 bits per heavy atom. The summed E-state index contributed by atoms with van der Waals surface area (Å²) in [6.45, 7) is 1.82. The van der Waals surface area contributed by atoms with Gasteiger partial charge in [-0.25, -0.2) is 0 Å². The summed E-state index contributed by atoms with van der Waals surface area (Å²) in [6, 6.07) is 14.8. The number of thioether (sulfide) groups is 1. The highest BCUT2D eigenvalue weighted by Gasteiger charge is 2.34. The molecule has 0 saturated carbocycles. The van der Waals surface area contributed by atoms with Gasteiger partial charge in [-0.15, -0.1) is 11.8 Å². The topological polar surface area (TPSA) is 95.5 Å². The third-order valence-corrected chi connectivity index (χ3v) is 6.79. The van der Waals surface area contributed by atoms with Crippen LogP contribution in [0.5, 0.6) is 0 Å². The Labute approximate surface area is 199 Å². The highest BCUT2D eigenvalue weighted by molar-refractivity contribution is 14.1. The number of hydrogen-bond donors (Lipinski definition) is 3. The second-order valence-corrected chi connectivity index (χ2v) is 9.93. The quantitative estimate of drug-likeness (QED) is 0.256. The largest absolute Gasteiger partial charge is 0.481 e. The lowest BCUT2D eigenvalue weighted by atomic mass is 9.82.